The Balaban J connectivity index is 1.49. The number of thioether (sulfide) groups is 1. The van der Waals surface area contributed by atoms with E-state index in [-0.39, 0.29) is 11.7 Å². The Morgan fingerprint density at radius 1 is 1.28 bits per heavy atom. The minimum atomic E-state index is -0.386. The van der Waals surface area contributed by atoms with Crippen LogP contribution in [-0.2, 0) is 12.8 Å². The summed E-state index contributed by atoms with van der Waals surface area (Å²) < 4.78 is 9.30. The van der Waals surface area contributed by atoms with Crippen molar-refractivity contribution in [3.8, 4) is 5.75 Å². The molecular weight excluding hydrogens is 453 g/mol. The first kappa shape index (κ1) is 20.2. The molecule has 11 heteroatoms. The van der Waals surface area contributed by atoms with E-state index in [1.54, 1.807) is 24.4 Å². The van der Waals surface area contributed by atoms with Crippen LogP contribution in [0, 0.1) is 0 Å². The molecular formula is C18H15Cl2N5O2S2. The van der Waals surface area contributed by atoms with Crippen LogP contribution in [-0.4, -0.2) is 24.1 Å². The maximum Gasteiger partial charge on any atom is 0.258 e. The predicted octanol–water partition coefficient (Wildman–Crippen LogP) is 4.62. The van der Waals surface area contributed by atoms with E-state index in [1.165, 1.54) is 33.6 Å². The lowest BCUT2D eigenvalue weighted by atomic mass is 10.3. The molecule has 1 unspecified atom stereocenters. The lowest BCUT2D eigenvalue weighted by Gasteiger charge is -2.15. The molecule has 29 heavy (non-hydrogen) atoms. The van der Waals surface area contributed by atoms with E-state index < -0.39 is 0 Å². The second kappa shape index (κ2) is 8.35. The third kappa shape index (κ3) is 4.28. The highest BCUT2D eigenvalue weighted by Crippen LogP contribution is 2.32. The van der Waals surface area contributed by atoms with Gasteiger partial charge < -0.3 is 9.30 Å². The molecule has 0 aliphatic carbocycles. The molecule has 0 fully saturated rings. The summed E-state index contributed by atoms with van der Waals surface area (Å²) in [6.07, 6.45) is 1.33. The van der Waals surface area contributed by atoms with Crippen LogP contribution in [0.15, 0.2) is 45.8 Å². The van der Waals surface area contributed by atoms with E-state index in [2.05, 4.69) is 15.2 Å². The van der Waals surface area contributed by atoms with Crippen LogP contribution in [0.4, 0.5) is 0 Å². The normalized spacial score (nSPS) is 12.4. The van der Waals surface area contributed by atoms with Gasteiger partial charge in [-0.3, -0.25) is 9.20 Å². The summed E-state index contributed by atoms with van der Waals surface area (Å²) in [5.74, 6) is 1.63. The number of halogens is 2. The Bertz CT molecular complexity index is 1240. The highest BCUT2D eigenvalue weighted by atomic mass is 35.5. The van der Waals surface area contributed by atoms with Crippen molar-refractivity contribution >= 4 is 51.3 Å². The number of aromatic nitrogens is 5. The first-order valence-electron chi connectivity index (χ1n) is 8.52. The lowest BCUT2D eigenvalue weighted by Crippen LogP contribution is -2.12. The summed E-state index contributed by atoms with van der Waals surface area (Å²) in [5.41, 5.74) is 0.605. The van der Waals surface area contributed by atoms with Gasteiger partial charge in [-0.25, -0.2) is 4.98 Å². The molecule has 7 nitrogen and oxygen atoms in total. The van der Waals surface area contributed by atoms with Gasteiger partial charge in [0.2, 0.25) is 0 Å². The van der Waals surface area contributed by atoms with Crippen molar-refractivity contribution in [3.05, 3.63) is 67.8 Å². The van der Waals surface area contributed by atoms with Crippen LogP contribution in [0.1, 0.15) is 24.5 Å². The van der Waals surface area contributed by atoms with Crippen LogP contribution < -0.4 is 10.3 Å². The summed E-state index contributed by atoms with van der Waals surface area (Å²) in [6, 6.07) is 6.59. The van der Waals surface area contributed by atoms with Crippen LogP contribution in [0.25, 0.3) is 4.96 Å². The summed E-state index contributed by atoms with van der Waals surface area (Å²) in [6.45, 7) is 1.86. The molecule has 1 atom stereocenters. The first-order chi connectivity index (χ1) is 13.9. The van der Waals surface area contributed by atoms with E-state index in [0.717, 1.165) is 0 Å². The minimum absolute atomic E-state index is 0.0917. The molecule has 0 N–H and O–H groups in total. The second-order valence-corrected chi connectivity index (χ2v) is 8.82. The van der Waals surface area contributed by atoms with Gasteiger partial charge in [0.25, 0.3) is 5.56 Å². The van der Waals surface area contributed by atoms with E-state index in [4.69, 9.17) is 27.9 Å². The summed E-state index contributed by atoms with van der Waals surface area (Å²) in [5, 5.41) is 12.0. The minimum Gasteiger partial charge on any atom is -0.481 e. The van der Waals surface area contributed by atoms with Crippen molar-refractivity contribution < 1.29 is 4.74 Å². The lowest BCUT2D eigenvalue weighted by molar-refractivity contribution is 0.211. The summed E-state index contributed by atoms with van der Waals surface area (Å²) >= 11 is 15.1. The largest absolute Gasteiger partial charge is 0.481 e. The number of benzene rings is 1. The van der Waals surface area contributed by atoms with Crippen molar-refractivity contribution in [1.29, 1.82) is 0 Å². The fourth-order valence-electron chi connectivity index (χ4n) is 2.72. The number of fused-ring (bicyclic) bond motifs is 1. The molecule has 3 aromatic heterocycles. The van der Waals surface area contributed by atoms with Gasteiger partial charge in [0, 0.05) is 41.5 Å². The molecule has 0 spiro atoms. The van der Waals surface area contributed by atoms with E-state index >= 15 is 0 Å². The van der Waals surface area contributed by atoms with E-state index in [1.807, 2.05) is 23.9 Å². The molecule has 0 saturated heterocycles. The molecule has 4 rings (SSSR count). The van der Waals surface area contributed by atoms with E-state index in [0.29, 0.717) is 43.2 Å². The Hall–Kier alpha value is -2.07. The Kier molecular flexibility index (Phi) is 5.82. The standard InChI is InChI=1S/C18H15Cl2N5O2S2/c1-10(27-14-7-11(19)3-4-13(14)20)16-22-23-18(24(16)2)29-9-12-8-15(26)25-5-6-28-17(25)21-12/h3-8,10H,9H2,1-2H3. The maximum absolute atomic E-state index is 12.1. The van der Waals surface area contributed by atoms with Gasteiger partial charge in [-0.1, -0.05) is 35.0 Å². The molecule has 0 bridgehead atoms. The van der Waals surface area contributed by atoms with Gasteiger partial charge in [0.1, 0.15) is 5.75 Å². The van der Waals surface area contributed by atoms with Crippen molar-refractivity contribution in [3.63, 3.8) is 0 Å². The summed E-state index contributed by atoms with van der Waals surface area (Å²) in [7, 11) is 1.86. The zero-order chi connectivity index (χ0) is 20.5. The Morgan fingerprint density at radius 2 is 2.10 bits per heavy atom. The Labute approximate surface area is 184 Å². The van der Waals surface area contributed by atoms with Gasteiger partial charge in [-0.2, -0.15) is 0 Å². The quantitative estimate of drug-likeness (QED) is 0.385. The van der Waals surface area contributed by atoms with Gasteiger partial charge in [-0.15, -0.1) is 21.5 Å². The van der Waals surface area contributed by atoms with Crippen LogP contribution >= 0.6 is 46.3 Å². The molecule has 3 heterocycles. The average Bonchev–Trinajstić information content (AvgIpc) is 3.30. The fourth-order valence-corrected chi connectivity index (χ4v) is 4.59. The topological polar surface area (TPSA) is 74.3 Å². The number of nitrogens with zero attached hydrogens (tertiary/aromatic N) is 5. The molecule has 1 aromatic carbocycles. The second-order valence-electron chi connectivity index (χ2n) is 6.16. The first-order valence-corrected chi connectivity index (χ1v) is 11.1. The molecule has 0 saturated carbocycles. The van der Waals surface area contributed by atoms with Crippen molar-refractivity contribution in [1.82, 2.24) is 24.1 Å². The highest BCUT2D eigenvalue weighted by molar-refractivity contribution is 7.98. The molecule has 0 aliphatic rings. The maximum atomic E-state index is 12.1. The smallest absolute Gasteiger partial charge is 0.258 e. The van der Waals surface area contributed by atoms with Gasteiger partial charge in [0.15, 0.2) is 22.0 Å². The number of hydrogen-bond donors (Lipinski definition) is 0. The van der Waals surface area contributed by atoms with Gasteiger partial charge in [0.05, 0.1) is 10.7 Å². The van der Waals surface area contributed by atoms with Crippen LogP contribution in [0.2, 0.25) is 10.0 Å². The molecule has 0 aliphatic heterocycles. The van der Waals surface area contributed by atoms with Crippen molar-refractivity contribution in [2.75, 3.05) is 0 Å². The number of ether oxygens (including phenoxy) is 1. The molecule has 0 radical (unpaired) electrons. The molecule has 150 valence electrons. The molecule has 0 amide bonds. The van der Waals surface area contributed by atoms with E-state index in [9.17, 15) is 4.79 Å². The SMILES string of the molecule is CC(Oc1cc(Cl)ccc1Cl)c1nnc(SCc2cc(=O)n3ccsc3n2)n1C. The van der Waals surface area contributed by atoms with Crippen molar-refractivity contribution in [2.45, 2.75) is 23.9 Å². The number of thiazole rings is 1. The predicted molar refractivity (Wildman–Crippen MR) is 115 cm³/mol. The van der Waals surface area contributed by atoms with Gasteiger partial charge in [-0.05, 0) is 19.1 Å². The third-order valence-corrected chi connectivity index (χ3v) is 6.49. The fraction of sp³-hybridized carbons (Fsp3) is 0.222. The number of hydrogen-bond acceptors (Lipinski definition) is 7. The average molecular weight is 468 g/mol. The zero-order valence-electron chi connectivity index (χ0n) is 15.4. The highest BCUT2D eigenvalue weighted by Gasteiger charge is 2.19. The summed E-state index contributed by atoms with van der Waals surface area (Å²) in [4.78, 5) is 17.3. The zero-order valence-corrected chi connectivity index (χ0v) is 18.5. The molecule has 4 aromatic rings. The third-order valence-electron chi connectivity index (χ3n) is 4.13. The van der Waals surface area contributed by atoms with Crippen LogP contribution in [0.3, 0.4) is 0 Å². The van der Waals surface area contributed by atoms with Gasteiger partial charge >= 0.3 is 0 Å². The van der Waals surface area contributed by atoms with Crippen LogP contribution in [0.5, 0.6) is 5.75 Å². The number of rotatable bonds is 6. The van der Waals surface area contributed by atoms with Crippen molar-refractivity contribution in [2.24, 2.45) is 7.05 Å². The monoisotopic (exact) mass is 467 g/mol. The Morgan fingerprint density at radius 3 is 2.93 bits per heavy atom.